The van der Waals surface area contributed by atoms with E-state index in [1.54, 1.807) is 0 Å². The summed E-state index contributed by atoms with van der Waals surface area (Å²) in [4.78, 5) is 23.8. The van der Waals surface area contributed by atoms with Crippen LogP contribution in [0.5, 0.6) is 0 Å². The number of nitro benzene ring substituents is 1. The number of non-ortho nitro benzene ring substituents is 1. The molecular weight excluding hydrogens is 252 g/mol. The molecule has 19 heavy (non-hydrogen) atoms. The third-order valence-electron chi connectivity index (χ3n) is 2.31. The highest BCUT2D eigenvalue weighted by Crippen LogP contribution is 2.19. The lowest BCUT2D eigenvalue weighted by Gasteiger charge is -2.04. The van der Waals surface area contributed by atoms with Crippen LogP contribution in [0.25, 0.3) is 0 Å². The van der Waals surface area contributed by atoms with Gasteiger partial charge in [-0.1, -0.05) is 0 Å². The van der Waals surface area contributed by atoms with Crippen molar-refractivity contribution < 1.29 is 9.85 Å². The number of rotatable bonds is 4. The molecule has 0 aliphatic heterocycles. The van der Waals surface area contributed by atoms with E-state index in [0.29, 0.717) is 11.5 Å². The van der Waals surface area contributed by atoms with Crippen LogP contribution in [-0.2, 0) is 0 Å². The summed E-state index contributed by atoms with van der Waals surface area (Å²) in [5.41, 5.74) is 0.489. The van der Waals surface area contributed by atoms with E-state index < -0.39 is 9.85 Å². The van der Waals surface area contributed by atoms with Gasteiger partial charge in [-0.05, 0) is 18.2 Å². The molecule has 2 rings (SSSR count). The number of hydrogen-bond acceptors (Lipinski definition) is 6. The molecular formula is C11H8N4O4. The van der Waals surface area contributed by atoms with Crippen LogP contribution in [0.1, 0.15) is 0 Å². The van der Waals surface area contributed by atoms with Gasteiger partial charge in [-0.25, -0.2) is 4.98 Å². The minimum absolute atomic E-state index is 0.0118. The number of nitrogens with zero attached hydrogens (tertiary/aromatic N) is 3. The zero-order valence-electron chi connectivity index (χ0n) is 9.52. The Morgan fingerprint density at radius 3 is 1.95 bits per heavy atom. The first-order valence-electron chi connectivity index (χ1n) is 5.18. The topological polar surface area (TPSA) is 111 Å². The predicted molar refractivity (Wildman–Crippen MR) is 67.3 cm³/mol. The SMILES string of the molecule is O=[N+]([O-])c1ccc(Nc2ccc([N+](=O)[O-])cn2)cc1. The summed E-state index contributed by atoms with van der Waals surface area (Å²) in [7, 11) is 0. The third kappa shape index (κ3) is 3.00. The van der Waals surface area contributed by atoms with Gasteiger partial charge >= 0.3 is 0 Å². The average Bonchev–Trinajstić information content (AvgIpc) is 2.40. The Morgan fingerprint density at radius 1 is 0.895 bits per heavy atom. The average molecular weight is 260 g/mol. The van der Waals surface area contributed by atoms with E-state index in [1.165, 1.54) is 36.4 Å². The van der Waals surface area contributed by atoms with Crippen LogP contribution in [-0.4, -0.2) is 14.8 Å². The fraction of sp³-hybridized carbons (Fsp3) is 0. The number of nitro groups is 2. The van der Waals surface area contributed by atoms with Crippen molar-refractivity contribution in [1.82, 2.24) is 4.98 Å². The normalized spacial score (nSPS) is 9.89. The minimum atomic E-state index is -0.539. The van der Waals surface area contributed by atoms with Gasteiger partial charge in [-0.2, -0.15) is 0 Å². The van der Waals surface area contributed by atoms with Crippen molar-refractivity contribution in [2.45, 2.75) is 0 Å². The van der Waals surface area contributed by atoms with Gasteiger partial charge in [0.05, 0.1) is 9.85 Å². The zero-order valence-corrected chi connectivity index (χ0v) is 9.52. The smallest absolute Gasteiger partial charge is 0.287 e. The van der Waals surface area contributed by atoms with Gasteiger partial charge in [0.15, 0.2) is 0 Å². The molecule has 1 aromatic heterocycles. The molecule has 0 aliphatic rings. The molecule has 0 saturated heterocycles. The van der Waals surface area contributed by atoms with Crippen molar-refractivity contribution in [2.75, 3.05) is 5.32 Å². The number of anilines is 2. The predicted octanol–water partition coefficient (Wildman–Crippen LogP) is 2.64. The Morgan fingerprint density at radius 2 is 1.47 bits per heavy atom. The molecule has 0 unspecified atom stereocenters. The molecule has 0 saturated carbocycles. The van der Waals surface area contributed by atoms with E-state index in [9.17, 15) is 20.2 Å². The van der Waals surface area contributed by atoms with E-state index in [1.807, 2.05) is 0 Å². The maximum Gasteiger partial charge on any atom is 0.287 e. The first kappa shape index (κ1) is 12.4. The molecule has 1 heterocycles. The van der Waals surface area contributed by atoms with E-state index in [2.05, 4.69) is 10.3 Å². The van der Waals surface area contributed by atoms with Crippen LogP contribution in [0, 0.1) is 20.2 Å². The van der Waals surface area contributed by atoms with Crippen molar-refractivity contribution in [3.8, 4) is 0 Å². The summed E-state index contributed by atoms with van der Waals surface area (Å²) >= 11 is 0. The lowest BCUT2D eigenvalue weighted by Crippen LogP contribution is -1.95. The molecule has 2 aromatic rings. The Bertz CT molecular complexity index is 554. The maximum absolute atomic E-state index is 10.5. The molecule has 0 spiro atoms. The highest BCUT2D eigenvalue weighted by atomic mass is 16.6. The van der Waals surface area contributed by atoms with E-state index in [-0.39, 0.29) is 11.4 Å². The van der Waals surface area contributed by atoms with Crippen molar-refractivity contribution in [3.05, 3.63) is 62.8 Å². The zero-order chi connectivity index (χ0) is 13.8. The molecule has 1 aromatic carbocycles. The van der Waals surface area contributed by atoms with Crippen LogP contribution in [0.3, 0.4) is 0 Å². The second kappa shape index (κ2) is 5.08. The highest BCUT2D eigenvalue weighted by molar-refractivity contribution is 5.58. The second-order valence-corrected chi connectivity index (χ2v) is 3.59. The van der Waals surface area contributed by atoms with E-state index in [4.69, 9.17) is 0 Å². The molecule has 0 fully saturated rings. The van der Waals surface area contributed by atoms with Crippen molar-refractivity contribution >= 4 is 22.9 Å². The number of nitrogens with one attached hydrogen (secondary N) is 1. The van der Waals surface area contributed by atoms with Gasteiger partial charge in [0.1, 0.15) is 12.0 Å². The Balaban J connectivity index is 2.12. The first-order chi connectivity index (χ1) is 9.06. The molecule has 0 aliphatic carbocycles. The van der Waals surface area contributed by atoms with Crippen LogP contribution in [0.2, 0.25) is 0 Å². The molecule has 0 radical (unpaired) electrons. The standard InChI is InChI=1S/C11H8N4O4/c16-14(17)9-3-1-8(2-4-9)13-11-6-5-10(7-12-11)15(18)19/h1-7H,(H,12,13). The van der Waals surface area contributed by atoms with Crippen molar-refractivity contribution in [1.29, 1.82) is 0 Å². The number of pyridine rings is 1. The Hall–Kier alpha value is -3.03. The van der Waals surface area contributed by atoms with Crippen LogP contribution in [0.4, 0.5) is 22.9 Å². The van der Waals surface area contributed by atoms with Gasteiger partial charge in [0.25, 0.3) is 11.4 Å². The number of hydrogen-bond donors (Lipinski definition) is 1. The Labute approximate surface area is 107 Å². The minimum Gasteiger partial charge on any atom is -0.340 e. The van der Waals surface area contributed by atoms with Crippen LogP contribution >= 0.6 is 0 Å². The van der Waals surface area contributed by atoms with Crippen LogP contribution < -0.4 is 5.32 Å². The molecule has 8 heteroatoms. The monoisotopic (exact) mass is 260 g/mol. The maximum atomic E-state index is 10.5. The van der Waals surface area contributed by atoms with Gasteiger partial charge in [0.2, 0.25) is 0 Å². The van der Waals surface area contributed by atoms with Crippen molar-refractivity contribution in [3.63, 3.8) is 0 Å². The summed E-state index contributed by atoms with van der Waals surface area (Å²) in [5, 5.41) is 23.8. The van der Waals surface area contributed by atoms with E-state index in [0.717, 1.165) is 6.20 Å². The number of aromatic nitrogens is 1. The third-order valence-corrected chi connectivity index (χ3v) is 2.31. The van der Waals surface area contributed by atoms with Crippen LogP contribution in [0.15, 0.2) is 42.6 Å². The molecule has 0 atom stereocenters. The molecule has 0 amide bonds. The lowest BCUT2D eigenvalue weighted by atomic mass is 10.3. The first-order valence-corrected chi connectivity index (χ1v) is 5.18. The fourth-order valence-corrected chi connectivity index (χ4v) is 1.38. The molecule has 0 bridgehead atoms. The summed E-state index contributed by atoms with van der Waals surface area (Å²) in [6.45, 7) is 0. The molecule has 8 nitrogen and oxygen atoms in total. The van der Waals surface area contributed by atoms with Gasteiger partial charge in [-0.3, -0.25) is 20.2 Å². The van der Waals surface area contributed by atoms with Gasteiger partial charge < -0.3 is 5.32 Å². The Kier molecular flexibility index (Phi) is 3.33. The van der Waals surface area contributed by atoms with Gasteiger partial charge in [0, 0.05) is 23.9 Å². The number of benzene rings is 1. The highest BCUT2D eigenvalue weighted by Gasteiger charge is 2.06. The quantitative estimate of drug-likeness (QED) is 0.668. The second-order valence-electron chi connectivity index (χ2n) is 3.59. The summed E-state index contributed by atoms with van der Waals surface area (Å²) in [6.07, 6.45) is 1.13. The van der Waals surface area contributed by atoms with E-state index >= 15 is 0 Å². The largest absolute Gasteiger partial charge is 0.340 e. The van der Waals surface area contributed by atoms with Gasteiger partial charge in [-0.15, -0.1) is 0 Å². The fourth-order valence-electron chi connectivity index (χ4n) is 1.38. The van der Waals surface area contributed by atoms with Crippen molar-refractivity contribution in [2.24, 2.45) is 0 Å². The summed E-state index contributed by atoms with van der Waals surface area (Å²) in [6, 6.07) is 8.55. The summed E-state index contributed by atoms with van der Waals surface area (Å²) in [5.74, 6) is 0.416. The summed E-state index contributed by atoms with van der Waals surface area (Å²) < 4.78 is 0. The lowest BCUT2D eigenvalue weighted by molar-refractivity contribution is -0.385. The molecule has 96 valence electrons. The molecule has 1 N–H and O–H groups in total.